The third-order valence-electron chi connectivity index (χ3n) is 5.70. The van der Waals surface area contributed by atoms with Crippen LogP contribution >= 0.6 is 11.5 Å². The first-order valence-electron chi connectivity index (χ1n) is 10.3. The van der Waals surface area contributed by atoms with Crippen LogP contribution in [0.5, 0.6) is 5.88 Å². The first-order valence-corrected chi connectivity index (χ1v) is 11.0. The maximum absolute atomic E-state index is 9.54. The van der Waals surface area contributed by atoms with E-state index in [0.29, 0.717) is 23.3 Å². The summed E-state index contributed by atoms with van der Waals surface area (Å²) < 4.78 is 14.2. The summed E-state index contributed by atoms with van der Waals surface area (Å²) in [7, 11) is 0. The molecule has 31 heavy (non-hydrogen) atoms. The normalized spacial score (nSPS) is 15.8. The smallest absolute Gasteiger partial charge is 0.201 e. The maximum atomic E-state index is 9.54. The van der Waals surface area contributed by atoms with Gasteiger partial charge in [0.2, 0.25) is 5.88 Å². The van der Waals surface area contributed by atoms with Crippen LogP contribution < -0.4 is 10.1 Å². The Morgan fingerprint density at radius 2 is 2.16 bits per heavy atom. The van der Waals surface area contributed by atoms with Crippen molar-refractivity contribution in [2.24, 2.45) is 0 Å². The molecular formula is C21H22N8OS. The molecule has 1 N–H and O–H groups in total. The minimum Gasteiger partial charge on any atom is -0.470 e. The second-order valence-corrected chi connectivity index (χ2v) is 8.52. The number of ether oxygens (including phenoxy) is 1. The Morgan fingerprint density at radius 1 is 1.32 bits per heavy atom. The van der Waals surface area contributed by atoms with Crippen molar-refractivity contribution in [3.05, 3.63) is 46.9 Å². The van der Waals surface area contributed by atoms with Crippen molar-refractivity contribution in [2.75, 3.05) is 13.1 Å². The van der Waals surface area contributed by atoms with Crippen molar-refractivity contribution in [3.63, 3.8) is 0 Å². The standard InChI is InChI=1S/C21H22N8OS/c1-13-21(26-27-29(13)16-3-6-23-7-4-16)15-9-19-24-12-17(11-22)28(19)20(10-15)30-14(2)18-5-8-25-31-18/h5,8-10,12,14,16,23H,3-4,6-7H2,1-2H3. The van der Waals surface area contributed by atoms with Crippen molar-refractivity contribution in [3.8, 4) is 23.2 Å². The van der Waals surface area contributed by atoms with Gasteiger partial charge in [0.25, 0.3) is 0 Å². The summed E-state index contributed by atoms with van der Waals surface area (Å²) in [6.07, 6.45) is 5.17. The van der Waals surface area contributed by atoms with Crippen molar-refractivity contribution in [1.29, 1.82) is 5.26 Å². The fourth-order valence-corrected chi connectivity index (χ4v) is 4.62. The molecule has 1 fully saturated rings. The minimum atomic E-state index is -0.216. The zero-order valence-electron chi connectivity index (χ0n) is 17.3. The number of nitriles is 1. The molecule has 1 aliphatic rings. The Morgan fingerprint density at radius 3 is 2.90 bits per heavy atom. The molecule has 0 aromatic carbocycles. The van der Waals surface area contributed by atoms with E-state index in [1.165, 1.54) is 11.5 Å². The van der Waals surface area contributed by atoms with E-state index in [2.05, 4.69) is 31.1 Å². The summed E-state index contributed by atoms with van der Waals surface area (Å²) >= 11 is 1.39. The fourth-order valence-electron chi connectivity index (χ4n) is 4.06. The van der Waals surface area contributed by atoms with Gasteiger partial charge < -0.3 is 10.1 Å². The lowest BCUT2D eigenvalue weighted by atomic mass is 10.1. The van der Waals surface area contributed by atoms with E-state index in [1.807, 2.05) is 36.7 Å². The van der Waals surface area contributed by atoms with Crippen molar-refractivity contribution >= 4 is 17.2 Å². The molecule has 0 amide bonds. The van der Waals surface area contributed by atoms with Crippen molar-refractivity contribution in [1.82, 2.24) is 34.1 Å². The van der Waals surface area contributed by atoms with Gasteiger partial charge in [0, 0.05) is 17.8 Å². The molecule has 1 saturated heterocycles. The molecule has 0 saturated carbocycles. The molecule has 0 aliphatic carbocycles. The number of hydrogen-bond donors (Lipinski definition) is 1. The van der Waals surface area contributed by atoms with Gasteiger partial charge in [0.1, 0.15) is 29.2 Å². The van der Waals surface area contributed by atoms with Gasteiger partial charge in [-0.15, -0.1) is 5.10 Å². The molecule has 4 aromatic heterocycles. The summed E-state index contributed by atoms with van der Waals surface area (Å²) in [5.74, 6) is 0.540. The lowest BCUT2D eigenvalue weighted by Crippen LogP contribution is -2.30. The third-order valence-corrected chi connectivity index (χ3v) is 6.60. The van der Waals surface area contributed by atoms with E-state index in [1.54, 1.807) is 16.8 Å². The molecule has 0 spiro atoms. The van der Waals surface area contributed by atoms with Gasteiger partial charge >= 0.3 is 0 Å². The third kappa shape index (κ3) is 3.56. The summed E-state index contributed by atoms with van der Waals surface area (Å²) in [6.45, 7) is 6.00. The lowest BCUT2D eigenvalue weighted by molar-refractivity contribution is 0.218. The van der Waals surface area contributed by atoms with Crippen LogP contribution in [-0.4, -0.2) is 41.8 Å². The van der Waals surface area contributed by atoms with E-state index in [0.717, 1.165) is 47.8 Å². The van der Waals surface area contributed by atoms with Gasteiger partial charge in [-0.25, -0.2) is 14.0 Å². The topological polar surface area (TPSA) is 106 Å². The summed E-state index contributed by atoms with van der Waals surface area (Å²) in [6, 6.07) is 8.31. The Bertz CT molecular complexity index is 1250. The number of nitrogens with zero attached hydrogens (tertiary/aromatic N) is 7. The number of rotatable bonds is 5. The zero-order valence-corrected chi connectivity index (χ0v) is 18.1. The number of nitrogens with one attached hydrogen (secondary N) is 1. The van der Waals surface area contributed by atoms with Crippen LogP contribution in [0.25, 0.3) is 16.9 Å². The van der Waals surface area contributed by atoms with Gasteiger partial charge in [-0.05, 0) is 63.4 Å². The van der Waals surface area contributed by atoms with Gasteiger partial charge in [0.05, 0.1) is 22.8 Å². The first-order chi connectivity index (χ1) is 15.2. The summed E-state index contributed by atoms with van der Waals surface area (Å²) in [5.41, 5.74) is 3.74. The van der Waals surface area contributed by atoms with Gasteiger partial charge in [-0.3, -0.25) is 4.40 Å². The van der Waals surface area contributed by atoms with Crippen LogP contribution in [0.2, 0.25) is 0 Å². The molecule has 1 aliphatic heterocycles. The first kappa shape index (κ1) is 19.7. The molecule has 9 nitrogen and oxygen atoms in total. The highest BCUT2D eigenvalue weighted by atomic mass is 32.1. The molecule has 1 unspecified atom stereocenters. The molecule has 10 heteroatoms. The second kappa shape index (κ2) is 8.09. The molecule has 5 heterocycles. The van der Waals surface area contributed by atoms with Gasteiger partial charge in [0.15, 0.2) is 0 Å². The van der Waals surface area contributed by atoms with Crippen molar-refractivity contribution in [2.45, 2.75) is 38.8 Å². The summed E-state index contributed by atoms with van der Waals surface area (Å²) in [5, 5.41) is 21.9. The van der Waals surface area contributed by atoms with E-state index in [4.69, 9.17) is 4.74 Å². The molecule has 5 rings (SSSR count). The number of pyridine rings is 1. The minimum absolute atomic E-state index is 0.216. The monoisotopic (exact) mass is 434 g/mol. The van der Waals surface area contributed by atoms with E-state index in [-0.39, 0.29) is 6.10 Å². The van der Waals surface area contributed by atoms with E-state index in [9.17, 15) is 5.26 Å². The van der Waals surface area contributed by atoms with E-state index >= 15 is 0 Å². The average Bonchev–Trinajstić information content (AvgIpc) is 3.54. The largest absolute Gasteiger partial charge is 0.470 e. The zero-order chi connectivity index (χ0) is 21.4. The van der Waals surface area contributed by atoms with E-state index < -0.39 is 0 Å². The molecule has 0 bridgehead atoms. The molecule has 158 valence electrons. The Kier molecular flexibility index (Phi) is 5.13. The molecule has 4 aromatic rings. The Labute approximate surface area is 183 Å². The lowest BCUT2D eigenvalue weighted by Gasteiger charge is -2.23. The number of hydrogen-bond acceptors (Lipinski definition) is 8. The van der Waals surface area contributed by atoms with Gasteiger partial charge in [-0.2, -0.15) is 5.26 Å². The number of piperidine rings is 1. The van der Waals surface area contributed by atoms with Crippen molar-refractivity contribution < 1.29 is 4.74 Å². The highest BCUT2D eigenvalue weighted by molar-refractivity contribution is 7.05. The van der Waals surface area contributed by atoms with Crippen LogP contribution in [-0.2, 0) is 0 Å². The van der Waals surface area contributed by atoms with Crippen LogP contribution in [0.15, 0.2) is 30.6 Å². The Hall–Kier alpha value is -3.29. The SMILES string of the molecule is Cc1c(-c2cc(OC(C)c3ccns3)n3c(C#N)cnc3c2)nnn1C1CCNCC1. The van der Waals surface area contributed by atoms with Crippen LogP contribution in [0.4, 0.5) is 0 Å². The number of aromatic nitrogens is 6. The predicted octanol–water partition coefficient (Wildman–Crippen LogP) is 3.29. The number of imidazole rings is 1. The molecule has 1 atom stereocenters. The van der Waals surface area contributed by atoms with Crippen LogP contribution in [0.3, 0.4) is 0 Å². The second-order valence-electron chi connectivity index (χ2n) is 7.66. The fraction of sp³-hybridized carbons (Fsp3) is 0.381. The highest BCUT2D eigenvalue weighted by Crippen LogP contribution is 2.32. The number of fused-ring (bicyclic) bond motifs is 1. The van der Waals surface area contributed by atoms with Crippen LogP contribution in [0.1, 0.15) is 48.2 Å². The quantitative estimate of drug-likeness (QED) is 0.514. The average molecular weight is 435 g/mol. The Balaban J connectivity index is 1.57. The van der Waals surface area contributed by atoms with Gasteiger partial charge in [-0.1, -0.05) is 5.21 Å². The molecular weight excluding hydrogens is 412 g/mol. The predicted molar refractivity (Wildman–Crippen MR) is 116 cm³/mol. The summed E-state index contributed by atoms with van der Waals surface area (Å²) in [4.78, 5) is 5.42. The van der Waals surface area contributed by atoms with Crippen LogP contribution in [0, 0.1) is 18.3 Å². The molecule has 0 radical (unpaired) electrons. The highest BCUT2D eigenvalue weighted by Gasteiger charge is 2.22. The maximum Gasteiger partial charge on any atom is 0.201 e.